The summed E-state index contributed by atoms with van der Waals surface area (Å²) in [6.45, 7) is 2.48. The first kappa shape index (κ1) is 14.5. The Balaban J connectivity index is 1.82. The highest BCUT2D eigenvalue weighted by Crippen LogP contribution is 2.24. The van der Waals surface area contributed by atoms with E-state index in [1.54, 1.807) is 6.26 Å². The maximum Gasteiger partial charge on any atom is 0.234 e. The third-order valence-electron chi connectivity index (χ3n) is 2.52. The number of thioether (sulfide) groups is 1. The maximum atomic E-state index is 11.9. The van der Waals surface area contributed by atoms with Crippen LogP contribution in [0, 0.1) is 0 Å². The Labute approximate surface area is 122 Å². The summed E-state index contributed by atoms with van der Waals surface area (Å²) in [7, 11) is 0. The molecular formula is C15H17NO3S. The second-order valence-corrected chi connectivity index (χ2v) is 5.04. The summed E-state index contributed by atoms with van der Waals surface area (Å²) >= 11 is 1.51. The van der Waals surface area contributed by atoms with Gasteiger partial charge in [-0.2, -0.15) is 0 Å². The van der Waals surface area contributed by atoms with Crippen molar-refractivity contribution in [2.24, 2.45) is 0 Å². The number of benzene rings is 1. The fraction of sp³-hybridized carbons (Fsp3) is 0.267. The van der Waals surface area contributed by atoms with Crippen LogP contribution in [0.5, 0.6) is 5.75 Å². The van der Waals surface area contributed by atoms with E-state index in [1.807, 2.05) is 43.3 Å². The van der Waals surface area contributed by atoms with Crippen LogP contribution in [0.15, 0.2) is 47.1 Å². The predicted octanol–water partition coefficient (Wildman–Crippen LogP) is 3.55. The molecule has 1 amide bonds. The summed E-state index contributed by atoms with van der Waals surface area (Å²) in [4.78, 5) is 11.9. The van der Waals surface area contributed by atoms with Crippen LogP contribution >= 0.6 is 11.8 Å². The molecule has 2 rings (SSSR count). The monoisotopic (exact) mass is 291 g/mol. The Morgan fingerprint density at radius 1 is 1.30 bits per heavy atom. The van der Waals surface area contributed by atoms with Gasteiger partial charge in [-0.3, -0.25) is 4.79 Å². The number of carbonyl (C=O) groups excluding carboxylic acids is 1. The van der Waals surface area contributed by atoms with Crippen molar-refractivity contribution >= 4 is 23.4 Å². The van der Waals surface area contributed by atoms with Crippen LogP contribution in [0.3, 0.4) is 0 Å². The van der Waals surface area contributed by atoms with E-state index < -0.39 is 0 Å². The average Bonchev–Trinajstić information content (AvgIpc) is 2.94. The lowest BCUT2D eigenvalue weighted by atomic mass is 10.3. The van der Waals surface area contributed by atoms with E-state index in [0.717, 1.165) is 5.76 Å². The molecule has 0 aliphatic heterocycles. The topological polar surface area (TPSA) is 51.5 Å². The molecule has 0 unspecified atom stereocenters. The maximum absolute atomic E-state index is 11.9. The van der Waals surface area contributed by atoms with E-state index in [4.69, 9.17) is 9.15 Å². The molecule has 1 aromatic heterocycles. The molecule has 0 aliphatic carbocycles. The molecule has 0 aliphatic rings. The number of carbonyl (C=O) groups is 1. The molecule has 1 N–H and O–H groups in total. The van der Waals surface area contributed by atoms with Gasteiger partial charge in [0.05, 0.1) is 30.1 Å². The minimum absolute atomic E-state index is 0.0475. The number of ether oxygens (including phenoxy) is 1. The molecule has 4 nitrogen and oxygen atoms in total. The summed E-state index contributed by atoms with van der Waals surface area (Å²) in [6, 6.07) is 11.2. The van der Waals surface area contributed by atoms with Crippen molar-refractivity contribution in [2.45, 2.75) is 12.7 Å². The third-order valence-corrected chi connectivity index (χ3v) is 3.47. The number of hydrogen-bond acceptors (Lipinski definition) is 4. The third kappa shape index (κ3) is 4.35. The molecule has 0 fully saturated rings. The molecule has 0 radical (unpaired) electrons. The minimum Gasteiger partial charge on any atom is -0.492 e. The zero-order valence-electron chi connectivity index (χ0n) is 11.3. The second kappa shape index (κ2) is 7.65. The molecular weight excluding hydrogens is 274 g/mol. The Morgan fingerprint density at radius 2 is 2.15 bits per heavy atom. The minimum atomic E-state index is -0.0475. The normalized spacial score (nSPS) is 10.2. The van der Waals surface area contributed by atoms with Crippen molar-refractivity contribution in [2.75, 3.05) is 17.7 Å². The van der Waals surface area contributed by atoms with Gasteiger partial charge in [-0.25, -0.2) is 0 Å². The lowest BCUT2D eigenvalue weighted by Crippen LogP contribution is -2.15. The van der Waals surface area contributed by atoms with E-state index >= 15 is 0 Å². The Kier molecular flexibility index (Phi) is 5.55. The van der Waals surface area contributed by atoms with Gasteiger partial charge in [-0.15, -0.1) is 11.8 Å². The van der Waals surface area contributed by atoms with Crippen molar-refractivity contribution in [3.05, 3.63) is 48.4 Å². The Morgan fingerprint density at radius 3 is 2.90 bits per heavy atom. The highest BCUT2D eigenvalue weighted by Gasteiger charge is 2.07. The van der Waals surface area contributed by atoms with E-state index in [9.17, 15) is 4.79 Å². The fourth-order valence-corrected chi connectivity index (χ4v) is 2.40. The molecule has 1 heterocycles. The molecule has 106 valence electrons. The molecule has 0 atom stereocenters. The number of hydrogen-bond donors (Lipinski definition) is 1. The van der Waals surface area contributed by atoms with Crippen molar-refractivity contribution in [1.82, 2.24) is 0 Å². The molecule has 0 spiro atoms. The summed E-state index contributed by atoms with van der Waals surface area (Å²) in [5, 5.41) is 2.86. The van der Waals surface area contributed by atoms with Gasteiger partial charge < -0.3 is 14.5 Å². The molecule has 20 heavy (non-hydrogen) atoms. The van der Waals surface area contributed by atoms with Crippen LogP contribution in [0.25, 0.3) is 0 Å². The summed E-state index contributed by atoms with van der Waals surface area (Å²) in [5.41, 5.74) is 0.706. The zero-order valence-corrected chi connectivity index (χ0v) is 12.1. The van der Waals surface area contributed by atoms with Gasteiger partial charge in [0.2, 0.25) is 5.91 Å². The van der Waals surface area contributed by atoms with Crippen molar-refractivity contribution in [3.8, 4) is 5.75 Å². The molecule has 2 aromatic rings. The SMILES string of the molecule is CCOc1ccccc1NC(=O)CSCc1ccco1. The molecule has 0 saturated heterocycles. The van der Waals surface area contributed by atoms with Crippen LogP contribution in [-0.2, 0) is 10.5 Å². The van der Waals surface area contributed by atoms with Gasteiger partial charge in [-0.1, -0.05) is 12.1 Å². The van der Waals surface area contributed by atoms with E-state index in [2.05, 4.69) is 5.32 Å². The van der Waals surface area contributed by atoms with Crippen molar-refractivity contribution < 1.29 is 13.9 Å². The van der Waals surface area contributed by atoms with E-state index in [1.165, 1.54) is 11.8 Å². The first-order valence-corrected chi connectivity index (χ1v) is 7.57. The van der Waals surface area contributed by atoms with Crippen LogP contribution in [0.1, 0.15) is 12.7 Å². The molecule has 5 heteroatoms. The summed E-state index contributed by atoms with van der Waals surface area (Å²) in [5.74, 6) is 2.58. The number of anilines is 1. The molecule has 0 bridgehead atoms. The summed E-state index contributed by atoms with van der Waals surface area (Å²) < 4.78 is 10.7. The fourth-order valence-electron chi connectivity index (χ4n) is 1.68. The van der Waals surface area contributed by atoms with Gasteiger partial charge in [-0.05, 0) is 31.2 Å². The van der Waals surface area contributed by atoms with Crippen molar-refractivity contribution in [3.63, 3.8) is 0 Å². The first-order chi connectivity index (χ1) is 9.79. The van der Waals surface area contributed by atoms with Gasteiger partial charge in [0.15, 0.2) is 0 Å². The van der Waals surface area contributed by atoms with Crippen LogP contribution in [0.2, 0.25) is 0 Å². The average molecular weight is 291 g/mol. The largest absolute Gasteiger partial charge is 0.492 e. The number of furan rings is 1. The molecule has 0 saturated carbocycles. The van der Waals surface area contributed by atoms with E-state index in [-0.39, 0.29) is 5.91 Å². The van der Waals surface area contributed by atoms with Gasteiger partial charge in [0.25, 0.3) is 0 Å². The molecule has 1 aromatic carbocycles. The first-order valence-electron chi connectivity index (χ1n) is 6.41. The van der Waals surface area contributed by atoms with Gasteiger partial charge in [0.1, 0.15) is 11.5 Å². The van der Waals surface area contributed by atoms with Gasteiger partial charge >= 0.3 is 0 Å². The highest BCUT2D eigenvalue weighted by molar-refractivity contribution is 7.99. The van der Waals surface area contributed by atoms with E-state index in [0.29, 0.717) is 29.5 Å². The number of nitrogens with one attached hydrogen (secondary N) is 1. The quantitative estimate of drug-likeness (QED) is 0.847. The lowest BCUT2D eigenvalue weighted by molar-refractivity contribution is -0.113. The Hall–Kier alpha value is -1.88. The summed E-state index contributed by atoms with van der Waals surface area (Å²) in [6.07, 6.45) is 1.63. The standard InChI is InChI=1S/C15H17NO3S/c1-2-18-14-8-4-3-7-13(14)16-15(17)11-20-10-12-6-5-9-19-12/h3-9H,2,10-11H2,1H3,(H,16,17). The lowest BCUT2D eigenvalue weighted by Gasteiger charge is -2.10. The van der Waals surface area contributed by atoms with Crippen LogP contribution in [0.4, 0.5) is 5.69 Å². The Bertz CT molecular complexity index is 540. The number of para-hydroxylation sites is 2. The van der Waals surface area contributed by atoms with Crippen molar-refractivity contribution in [1.29, 1.82) is 0 Å². The number of amides is 1. The zero-order chi connectivity index (χ0) is 14.2. The number of rotatable bonds is 7. The predicted molar refractivity (Wildman–Crippen MR) is 81.1 cm³/mol. The second-order valence-electron chi connectivity index (χ2n) is 4.05. The smallest absolute Gasteiger partial charge is 0.234 e. The van der Waals surface area contributed by atoms with Crippen LogP contribution < -0.4 is 10.1 Å². The highest BCUT2D eigenvalue weighted by atomic mass is 32.2. The van der Waals surface area contributed by atoms with Gasteiger partial charge in [0, 0.05) is 0 Å². The van der Waals surface area contributed by atoms with Crippen LogP contribution in [-0.4, -0.2) is 18.3 Å².